The summed E-state index contributed by atoms with van der Waals surface area (Å²) < 4.78 is 0. The van der Waals surface area contributed by atoms with Crippen LogP contribution < -0.4 is 5.32 Å². The molecule has 0 spiro atoms. The van der Waals surface area contributed by atoms with Crippen LogP contribution >= 0.6 is 11.6 Å². The van der Waals surface area contributed by atoms with Gasteiger partial charge in [0.1, 0.15) is 5.82 Å². The third kappa shape index (κ3) is 2.44. The van der Waals surface area contributed by atoms with Crippen molar-refractivity contribution in [3.8, 4) is 0 Å². The number of hydrogen-bond donors (Lipinski definition) is 1. The number of nitrogens with one attached hydrogen (secondary N) is 1. The van der Waals surface area contributed by atoms with Gasteiger partial charge in [-0.15, -0.1) is 11.6 Å². The third-order valence-electron chi connectivity index (χ3n) is 3.71. The Morgan fingerprint density at radius 3 is 2.94 bits per heavy atom. The van der Waals surface area contributed by atoms with E-state index in [4.69, 9.17) is 11.6 Å². The minimum Gasteiger partial charge on any atom is -0.369 e. The molecule has 1 aromatic heterocycles. The summed E-state index contributed by atoms with van der Waals surface area (Å²) in [6.07, 6.45) is 5.37. The molecule has 0 aliphatic heterocycles. The molecule has 0 bridgehead atoms. The average Bonchev–Trinajstić information content (AvgIpc) is 2.82. The Labute approximate surface area is 112 Å². The molecule has 0 radical (unpaired) electrons. The summed E-state index contributed by atoms with van der Waals surface area (Å²) in [4.78, 5) is 4.44. The van der Waals surface area contributed by atoms with E-state index in [9.17, 15) is 0 Å². The van der Waals surface area contributed by atoms with Crippen LogP contribution in [0, 0.1) is 5.92 Å². The van der Waals surface area contributed by atoms with Crippen LogP contribution in [-0.2, 0) is 0 Å². The summed E-state index contributed by atoms with van der Waals surface area (Å²) >= 11 is 6.14. The molecule has 2 nitrogen and oxygen atoms in total. The topological polar surface area (TPSA) is 24.9 Å². The molecule has 1 aromatic carbocycles. The summed E-state index contributed by atoms with van der Waals surface area (Å²) in [5.74, 6) is 1.68. The first-order chi connectivity index (χ1) is 8.83. The zero-order valence-electron chi connectivity index (χ0n) is 10.3. The zero-order valence-corrected chi connectivity index (χ0v) is 11.0. The van der Waals surface area contributed by atoms with Crippen molar-refractivity contribution in [2.45, 2.75) is 24.6 Å². The number of nitrogens with zero attached hydrogens (tertiary/aromatic N) is 1. The van der Waals surface area contributed by atoms with E-state index in [1.54, 1.807) is 0 Å². The van der Waals surface area contributed by atoms with Crippen molar-refractivity contribution < 1.29 is 0 Å². The molecule has 1 N–H and O–H groups in total. The first-order valence-electron chi connectivity index (χ1n) is 6.54. The van der Waals surface area contributed by atoms with Crippen molar-refractivity contribution in [2.75, 3.05) is 11.9 Å². The Balaban J connectivity index is 1.74. The van der Waals surface area contributed by atoms with Gasteiger partial charge in [-0.3, -0.25) is 0 Å². The molecule has 2 aromatic rings. The second-order valence-corrected chi connectivity index (χ2v) is 5.66. The van der Waals surface area contributed by atoms with E-state index in [1.807, 2.05) is 12.3 Å². The van der Waals surface area contributed by atoms with Crippen LogP contribution in [0.5, 0.6) is 0 Å². The van der Waals surface area contributed by atoms with E-state index in [0.717, 1.165) is 25.2 Å². The second-order valence-electron chi connectivity index (χ2n) is 5.04. The molecule has 18 heavy (non-hydrogen) atoms. The van der Waals surface area contributed by atoms with Crippen LogP contribution in [0.4, 0.5) is 5.82 Å². The van der Waals surface area contributed by atoms with E-state index in [2.05, 4.69) is 34.6 Å². The van der Waals surface area contributed by atoms with E-state index < -0.39 is 0 Å². The Hall–Kier alpha value is -1.28. The molecule has 1 aliphatic rings. The van der Waals surface area contributed by atoms with Gasteiger partial charge >= 0.3 is 0 Å². The van der Waals surface area contributed by atoms with Crippen molar-refractivity contribution in [2.24, 2.45) is 5.92 Å². The minimum absolute atomic E-state index is 0.372. The van der Waals surface area contributed by atoms with Crippen molar-refractivity contribution in [1.82, 2.24) is 4.98 Å². The minimum atomic E-state index is 0.372. The molecule has 1 heterocycles. The second kappa shape index (κ2) is 5.15. The van der Waals surface area contributed by atoms with E-state index in [-0.39, 0.29) is 0 Å². The summed E-state index contributed by atoms with van der Waals surface area (Å²) in [7, 11) is 0. The fourth-order valence-electron chi connectivity index (χ4n) is 2.70. The van der Waals surface area contributed by atoms with Gasteiger partial charge in [0.25, 0.3) is 0 Å². The van der Waals surface area contributed by atoms with Gasteiger partial charge in [-0.2, -0.15) is 0 Å². The Kier molecular flexibility index (Phi) is 3.37. The lowest BCUT2D eigenvalue weighted by Crippen LogP contribution is -2.12. The Morgan fingerprint density at radius 1 is 1.22 bits per heavy atom. The fraction of sp³-hybridized carbons (Fsp3) is 0.400. The number of alkyl halides is 1. The molecule has 1 saturated carbocycles. The first-order valence-corrected chi connectivity index (χ1v) is 6.98. The molecule has 3 rings (SSSR count). The van der Waals surface area contributed by atoms with Gasteiger partial charge in [-0.25, -0.2) is 4.98 Å². The predicted octanol–water partition coefficient (Wildman–Crippen LogP) is 4.05. The Bertz CT molecular complexity index is 536. The van der Waals surface area contributed by atoms with Crippen molar-refractivity contribution >= 4 is 28.2 Å². The lowest BCUT2D eigenvalue weighted by Gasteiger charge is -2.12. The number of benzene rings is 1. The number of fused-ring (bicyclic) bond motifs is 1. The van der Waals surface area contributed by atoms with Crippen LogP contribution in [-0.4, -0.2) is 16.9 Å². The number of halogens is 1. The highest BCUT2D eigenvalue weighted by molar-refractivity contribution is 6.20. The molecule has 1 aliphatic carbocycles. The third-order valence-corrected chi connectivity index (χ3v) is 4.11. The molecule has 3 heteroatoms. The molecular formula is C15H17ClN2. The molecule has 0 saturated heterocycles. The van der Waals surface area contributed by atoms with Gasteiger partial charge in [-0.1, -0.05) is 24.3 Å². The fourth-order valence-corrected chi connectivity index (χ4v) is 3.08. The number of hydrogen-bond acceptors (Lipinski definition) is 2. The standard InChI is InChI=1S/C15H17ClN2/c16-13-6-5-11(9-13)10-18-15-14-4-2-1-3-12(14)7-8-17-15/h1-4,7-8,11,13H,5-6,9-10H2,(H,17,18). The molecule has 94 valence electrons. The van der Waals surface area contributed by atoms with Crippen LogP contribution in [0.25, 0.3) is 10.8 Å². The van der Waals surface area contributed by atoms with Gasteiger partial charge in [0.05, 0.1) is 0 Å². The SMILES string of the molecule is ClC1CCC(CNc2nccc3ccccc23)C1. The highest BCUT2D eigenvalue weighted by atomic mass is 35.5. The molecular weight excluding hydrogens is 244 g/mol. The van der Waals surface area contributed by atoms with Crippen LogP contribution in [0.2, 0.25) is 0 Å². The quantitative estimate of drug-likeness (QED) is 0.842. The molecule has 2 unspecified atom stereocenters. The molecule has 2 atom stereocenters. The highest BCUT2D eigenvalue weighted by Crippen LogP contribution is 2.30. The summed E-state index contributed by atoms with van der Waals surface area (Å²) in [6.45, 7) is 0.976. The maximum absolute atomic E-state index is 6.14. The average molecular weight is 261 g/mol. The Morgan fingerprint density at radius 2 is 2.11 bits per heavy atom. The maximum Gasteiger partial charge on any atom is 0.133 e. The maximum atomic E-state index is 6.14. The smallest absolute Gasteiger partial charge is 0.133 e. The molecule has 1 fully saturated rings. The van der Waals surface area contributed by atoms with E-state index in [1.165, 1.54) is 17.2 Å². The van der Waals surface area contributed by atoms with Gasteiger partial charge in [0.2, 0.25) is 0 Å². The van der Waals surface area contributed by atoms with Crippen molar-refractivity contribution in [3.05, 3.63) is 36.5 Å². The zero-order chi connectivity index (χ0) is 12.4. The first kappa shape index (κ1) is 11.8. The number of rotatable bonds is 3. The molecule has 0 amide bonds. The van der Waals surface area contributed by atoms with Crippen molar-refractivity contribution in [3.63, 3.8) is 0 Å². The van der Waals surface area contributed by atoms with E-state index in [0.29, 0.717) is 11.3 Å². The normalized spacial score (nSPS) is 23.4. The lowest BCUT2D eigenvalue weighted by molar-refractivity contribution is 0.580. The van der Waals surface area contributed by atoms with Crippen LogP contribution in [0.15, 0.2) is 36.5 Å². The highest BCUT2D eigenvalue weighted by Gasteiger charge is 2.22. The summed E-state index contributed by atoms with van der Waals surface area (Å²) in [5.41, 5.74) is 0. The lowest BCUT2D eigenvalue weighted by atomic mass is 10.1. The predicted molar refractivity (Wildman–Crippen MR) is 77.2 cm³/mol. The van der Waals surface area contributed by atoms with Gasteiger partial charge in [-0.05, 0) is 36.6 Å². The van der Waals surface area contributed by atoms with Crippen LogP contribution in [0.3, 0.4) is 0 Å². The summed E-state index contributed by atoms with van der Waals surface area (Å²) in [5, 5.41) is 6.28. The monoisotopic (exact) mass is 260 g/mol. The number of aromatic nitrogens is 1. The number of anilines is 1. The largest absolute Gasteiger partial charge is 0.369 e. The van der Waals surface area contributed by atoms with Gasteiger partial charge < -0.3 is 5.32 Å². The van der Waals surface area contributed by atoms with Gasteiger partial charge in [0.15, 0.2) is 0 Å². The summed E-state index contributed by atoms with van der Waals surface area (Å²) in [6, 6.07) is 10.4. The van der Waals surface area contributed by atoms with E-state index >= 15 is 0 Å². The van der Waals surface area contributed by atoms with Crippen molar-refractivity contribution in [1.29, 1.82) is 0 Å². The van der Waals surface area contributed by atoms with Crippen LogP contribution in [0.1, 0.15) is 19.3 Å². The number of pyridine rings is 1. The van der Waals surface area contributed by atoms with Gasteiger partial charge in [0, 0.05) is 23.5 Å².